The molecule has 1 heterocycles. The van der Waals surface area contributed by atoms with Crippen LogP contribution in [0.1, 0.15) is 26.7 Å². The number of rotatable bonds is 0. The molecule has 0 saturated carbocycles. The second kappa shape index (κ2) is 6.81. The van der Waals surface area contributed by atoms with Crippen molar-refractivity contribution in [2.45, 2.75) is 30.6 Å². The van der Waals surface area contributed by atoms with Crippen LogP contribution >= 0.6 is 22.6 Å². The second-order valence-corrected chi connectivity index (χ2v) is 3.58. The first-order valence-corrected chi connectivity index (χ1v) is 4.86. The van der Waals surface area contributed by atoms with Gasteiger partial charge in [0, 0.05) is 10.5 Å². The Labute approximate surface area is 71.3 Å². The Kier molecular flexibility index (Phi) is 7.33. The van der Waals surface area contributed by atoms with E-state index in [2.05, 4.69) is 22.6 Å². The highest BCUT2D eigenvalue weighted by atomic mass is 127. The number of halogens is 1. The van der Waals surface area contributed by atoms with Crippen molar-refractivity contribution in [1.29, 1.82) is 0 Å². The average molecular weight is 242 g/mol. The smallest absolute Gasteiger partial charge is 0.0583 e. The van der Waals surface area contributed by atoms with Gasteiger partial charge in [0.1, 0.15) is 0 Å². The Hall–Kier alpha value is 0.690. The van der Waals surface area contributed by atoms with Crippen LogP contribution in [0.5, 0.6) is 0 Å². The van der Waals surface area contributed by atoms with Crippen LogP contribution in [-0.4, -0.2) is 17.1 Å². The van der Waals surface area contributed by atoms with E-state index in [-0.39, 0.29) is 0 Å². The van der Waals surface area contributed by atoms with Crippen molar-refractivity contribution in [1.82, 2.24) is 0 Å². The zero-order valence-corrected chi connectivity index (χ0v) is 8.35. The molecule has 1 aliphatic heterocycles. The summed E-state index contributed by atoms with van der Waals surface area (Å²) in [5.41, 5.74) is 0. The van der Waals surface area contributed by atoms with Crippen molar-refractivity contribution in [3.8, 4) is 0 Å². The second-order valence-electron chi connectivity index (χ2n) is 1.81. The Morgan fingerprint density at radius 2 is 2.11 bits per heavy atom. The minimum atomic E-state index is 0.784. The third-order valence-electron chi connectivity index (χ3n) is 1.10. The van der Waals surface area contributed by atoms with Gasteiger partial charge in [-0.15, -0.1) is 0 Å². The fourth-order valence-corrected chi connectivity index (χ4v) is 1.40. The van der Waals surface area contributed by atoms with Gasteiger partial charge in [-0.05, 0) is 12.8 Å². The molecule has 1 unspecified atom stereocenters. The Morgan fingerprint density at radius 1 is 1.44 bits per heavy atom. The molecule has 56 valence electrons. The lowest BCUT2D eigenvalue weighted by Crippen LogP contribution is -2.15. The summed E-state index contributed by atoms with van der Waals surface area (Å²) in [5.74, 6) is 0. The predicted molar refractivity (Wildman–Crippen MR) is 49.2 cm³/mol. The SMILES string of the molecule is CC.IC1CCCOC1. The predicted octanol–water partition coefficient (Wildman–Crippen LogP) is 2.63. The first-order valence-electron chi connectivity index (χ1n) is 3.61. The molecule has 1 saturated heterocycles. The topological polar surface area (TPSA) is 9.23 Å². The molecule has 9 heavy (non-hydrogen) atoms. The highest BCUT2D eigenvalue weighted by molar-refractivity contribution is 14.1. The van der Waals surface area contributed by atoms with E-state index in [1.165, 1.54) is 12.8 Å². The molecular weight excluding hydrogens is 227 g/mol. The fourth-order valence-electron chi connectivity index (χ4n) is 0.701. The molecule has 2 heteroatoms. The summed E-state index contributed by atoms with van der Waals surface area (Å²) in [7, 11) is 0. The third kappa shape index (κ3) is 5.15. The summed E-state index contributed by atoms with van der Waals surface area (Å²) in [5, 5.41) is 0. The molecule has 0 spiro atoms. The van der Waals surface area contributed by atoms with Crippen LogP contribution in [0.3, 0.4) is 0 Å². The van der Waals surface area contributed by atoms with E-state index in [0.717, 1.165) is 17.1 Å². The molecule has 1 nitrogen and oxygen atoms in total. The first-order chi connectivity index (χ1) is 4.39. The van der Waals surface area contributed by atoms with Gasteiger partial charge in [0.2, 0.25) is 0 Å². The van der Waals surface area contributed by atoms with Gasteiger partial charge in [0.15, 0.2) is 0 Å². The lowest BCUT2D eigenvalue weighted by atomic mass is 10.2. The van der Waals surface area contributed by atoms with E-state index in [1.54, 1.807) is 0 Å². The highest BCUT2D eigenvalue weighted by Gasteiger charge is 2.07. The maximum absolute atomic E-state index is 5.17. The molecule has 0 bridgehead atoms. The quantitative estimate of drug-likeness (QED) is 0.468. The zero-order valence-electron chi connectivity index (χ0n) is 6.19. The Balaban J connectivity index is 0.000000291. The van der Waals surface area contributed by atoms with Crippen LogP contribution in [0.2, 0.25) is 0 Å². The summed E-state index contributed by atoms with van der Waals surface area (Å²) >= 11 is 2.43. The molecule has 0 radical (unpaired) electrons. The zero-order chi connectivity index (χ0) is 7.11. The van der Waals surface area contributed by atoms with Gasteiger partial charge in [-0.2, -0.15) is 0 Å². The van der Waals surface area contributed by atoms with Gasteiger partial charge in [-0.25, -0.2) is 0 Å². The maximum atomic E-state index is 5.17. The van der Waals surface area contributed by atoms with Crippen molar-refractivity contribution in [3.05, 3.63) is 0 Å². The van der Waals surface area contributed by atoms with E-state index in [4.69, 9.17) is 4.74 Å². The number of hydrogen-bond donors (Lipinski definition) is 0. The molecule has 0 amide bonds. The summed E-state index contributed by atoms with van der Waals surface area (Å²) < 4.78 is 5.96. The van der Waals surface area contributed by atoms with Gasteiger partial charge < -0.3 is 4.74 Å². The summed E-state index contributed by atoms with van der Waals surface area (Å²) in [6.45, 7) is 5.96. The van der Waals surface area contributed by atoms with Gasteiger partial charge in [0.05, 0.1) is 6.61 Å². The molecular formula is C7H15IO. The van der Waals surface area contributed by atoms with Crippen molar-refractivity contribution >= 4 is 22.6 Å². The van der Waals surface area contributed by atoms with Crippen molar-refractivity contribution in [2.24, 2.45) is 0 Å². The Bertz CT molecular complexity index is 50.9. The highest BCUT2D eigenvalue weighted by Crippen LogP contribution is 2.13. The van der Waals surface area contributed by atoms with Crippen molar-refractivity contribution in [3.63, 3.8) is 0 Å². The maximum Gasteiger partial charge on any atom is 0.0583 e. The lowest BCUT2D eigenvalue weighted by Gasteiger charge is -2.15. The van der Waals surface area contributed by atoms with Gasteiger partial charge in [-0.3, -0.25) is 0 Å². The molecule has 1 rings (SSSR count). The first kappa shape index (κ1) is 9.69. The average Bonchev–Trinajstić information content (AvgIpc) is 1.94. The van der Waals surface area contributed by atoms with E-state index in [1.807, 2.05) is 13.8 Å². The molecule has 0 aliphatic carbocycles. The van der Waals surface area contributed by atoms with Gasteiger partial charge in [-0.1, -0.05) is 36.4 Å². The van der Waals surface area contributed by atoms with E-state index >= 15 is 0 Å². The number of hydrogen-bond acceptors (Lipinski definition) is 1. The monoisotopic (exact) mass is 242 g/mol. The number of alkyl halides is 1. The Morgan fingerprint density at radius 3 is 2.33 bits per heavy atom. The molecule has 0 N–H and O–H groups in total. The largest absolute Gasteiger partial charge is 0.380 e. The van der Waals surface area contributed by atoms with Crippen LogP contribution in [-0.2, 0) is 4.74 Å². The molecule has 0 aromatic rings. The van der Waals surface area contributed by atoms with Gasteiger partial charge in [0.25, 0.3) is 0 Å². The van der Waals surface area contributed by atoms with E-state index in [0.29, 0.717) is 0 Å². The van der Waals surface area contributed by atoms with Crippen LogP contribution in [0.15, 0.2) is 0 Å². The van der Waals surface area contributed by atoms with Crippen molar-refractivity contribution in [2.75, 3.05) is 13.2 Å². The van der Waals surface area contributed by atoms with Crippen LogP contribution in [0.25, 0.3) is 0 Å². The number of ether oxygens (including phenoxy) is 1. The lowest BCUT2D eigenvalue weighted by molar-refractivity contribution is 0.105. The fraction of sp³-hybridized carbons (Fsp3) is 1.00. The normalized spacial score (nSPS) is 26.3. The van der Waals surface area contributed by atoms with Gasteiger partial charge >= 0.3 is 0 Å². The standard InChI is InChI=1S/C5H9IO.C2H6/c6-5-2-1-3-7-4-5;1-2/h5H,1-4H2;1-2H3. The van der Waals surface area contributed by atoms with E-state index in [9.17, 15) is 0 Å². The minimum Gasteiger partial charge on any atom is -0.380 e. The van der Waals surface area contributed by atoms with Crippen LogP contribution in [0.4, 0.5) is 0 Å². The molecule has 1 atom stereocenters. The molecule has 0 aromatic heterocycles. The van der Waals surface area contributed by atoms with E-state index < -0.39 is 0 Å². The molecule has 0 aromatic carbocycles. The summed E-state index contributed by atoms with van der Waals surface area (Å²) in [4.78, 5) is 0. The third-order valence-corrected chi connectivity index (χ3v) is 2.09. The summed E-state index contributed by atoms with van der Waals surface area (Å²) in [6, 6.07) is 0. The van der Waals surface area contributed by atoms with Crippen LogP contribution in [0, 0.1) is 0 Å². The summed E-state index contributed by atoms with van der Waals surface area (Å²) in [6.07, 6.45) is 2.61. The van der Waals surface area contributed by atoms with Crippen LogP contribution < -0.4 is 0 Å². The molecule has 1 aliphatic rings. The van der Waals surface area contributed by atoms with Crippen molar-refractivity contribution < 1.29 is 4.74 Å². The molecule has 1 fully saturated rings. The minimum absolute atomic E-state index is 0.784.